The van der Waals surface area contributed by atoms with Gasteiger partial charge in [0.15, 0.2) is 11.5 Å². The Hall–Kier alpha value is -4.09. The van der Waals surface area contributed by atoms with Crippen LogP contribution in [0.1, 0.15) is 16.1 Å². The van der Waals surface area contributed by atoms with Gasteiger partial charge in [-0.2, -0.15) is 17.6 Å². The van der Waals surface area contributed by atoms with Crippen molar-refractivity contribution in [3.8, 4) is 11.5 Å². The molecular weight excluding hydrogens is 458 g/mol. The molecule has 0 bridgehead atoms. The van der Waals surface area contributed by atoms with E-state index in [4.69, 9.17) is 0 Å². The summed E-state index contributed by atoms with van der Waals surface area (Å²) >= 11 is 0. The predicted molar refractivity (Wildman–Crippen MR) is 116 cm³/mol. The van der Waals surface area contributed by atoms with Gasteiger partial charge in [-0.25, -0.2) is 9.97 Å². The van der Waals surface area contributed by atoms with E-state index in [0.29, 0.717) is 23.9 Å². The van der Waals surface area contributed by atoms with Gasteiger partial charge in [-0.1, -0.05) is 12.1 Å². The molecule has 2 aromatic carbocycles. The van der Waals surface area contributed by atoms with Crippen LogP contribution in [0.5, 0.6) is 11.5 Å². The third-order valence-electron chi connectivity index (χ3n) is 4.75. The number of nitrogens with zero attached hydrogens (tertiary/aromatic N) is 3. The van der Waals surface area contributed by atoms with E-state index in [-0.39, 0.29) is 11.3 Å². The Morgan fingerprint density at radius 3 is 2.44 bits per heavy atom. The number of carbonyl (C=O) groups excluding carboxylic acids is 1. The number of benzene rings is 2. The highest BCUT2D eigenvalue weighted by Crippen LogP contribution is 2.47. The van der Waals surface area contributed by atoms with Gasteiger partial charge in [0.2, 0.25) is 5.95 Å². The number of nitrogens with one attached hydrogen (secondary N) is 2. The van der Waals surface area contributed by atoms with E-state index in [1.54, 1.807) is 41.4 Å². The maximum Gasteiger partial charge on any atom is 0.507 e. The number of anilines is 3. The molecule has 4 rings (SSSR count). The van der Waals surface area contributed by atoms with Crippen LogP contribution >= 0.6 is 0 Å². The molecule has 34 heavy (non-hydrogen) atoms. The number of para-hydroxylation sites is 1. The Kier molecular flexibility index (Phi) is 5.90. The van der Waals surface area contributed by atoms with Gasteiger partial charge in [0, 0.05) is 37.7 Å². The quantitative estimate of drug-likeness (QED) is 0.510. The second kappa shape index (κ2) is 8.69. The van der Waals surface area contributed by atoms with Crippen molar-refractivity contribution in [3.63, 3.8) is 0 Å². The van der Waals surface area contributed by atoms with Gasteiger partial charge in [-0.15, -0.1) is 0 Å². The minimum absolute atomic E-state index is 0.0506. The first kappa shape index (κ1) is 23.1. The molecule has 0 spiro atoms. The van der Waals surface area contributed by atoms with Gasteiger partial charge in [-0.05, 0) is 30.3 Å². The lowest BCUT2D eigenvalue weighted by molar-refractivity contribution is -0.391. The maximum atomic E-state index is 13.5. The molecule has 178 valence electrons. The van der Waals surface area contributed by atoms with Gasteiger partial charge in [0.05, 0.1) is 17.8 Å². The zero-order valence-electron chi connectivity index (χ0n) is 18.0. The molecule has 2 heterocycles. The van der Waals surface area contributed by atoms with Gasteiger partial charge in [-0.3, -0.25) is 4.79 Å². The average Bonchev–Trinajstić information content (AvgIpc) is 2.78. The van der Waals surface area contributed by atoms with Crippen molar-refractivity contribution < 1.29 is 31.8 Å². The zero-order valence-corrected chi connectivity index (χ0v) is 18.0. The number of hydrogen-bond acceptors (Lipinski definition) is 7. The van der Waals surface area contributed by atoms with Crippen LogP contribution in [0.15, 0.2) is 54.7 Å². The SMILES string of the molecule is CN(C)c1nccc(CNc2ccccc2C(=O)Nc2ccc3c(c2)OC(F)(F)C(F)(F)O3)n1. The summed E-state index contributed by atoms with van der Waals surface area (Å²) in [5.74, 6) is -1.22. The highest BCUT2D eigenvalue weighted by molar-refractivity contribution is 6.08. The van der Waals surface area contributed by atoms with Crippen LogP contribution < -0.4 is 25.0 Å². The molecule has 0 fully saturated rings. The summed E-state index contributed by atoms with van der Waals surface area (Å²) in [7, 11) is 3.63. The lowest BCUT2D eigenvalue weighted by Gasteiger charge is -2.31. The molecule has 0 saturated heterocycles. The first-order valence-corrected chi connectivity index (χ1v) is 9.97. The fourth-order valence-corrected chi connectivity index (χ4v) is 3.06. The van der Waals surface area contributed by atoms with Crippen molar-refractivity contribution in [1.82, 2.24) is 9.97 Å². The molecule has 0 radical (unpaired) electrons. The molecule has 2 N–H and O–H groups in total. The molecular formula is C22H19F4N5O3. The molecule has 0 atom stereocenters. The number of rotatable bonds is 6. The van der Waals surface area contributed by atoms with Crippen LogP contribution in [-0.4, -0.2) is 42.2 Å². The van der Waals surface area contributed by atoms with Gasteiger partial charge in [0.1, 0.15) is 0 Å². The van der Waals surface area contributed by atoms with E-state index in [0.717, 1.165) is 12.1 Å². The standard InChI is InChI=1S/C22H19F4N5O3/c1-31(2)20-27-10-9-14(30-20)12-28-16-6-4-3-5-15(16)19(32)29-13-7-8-17-18(11-13)34-22(25,26)21(23,24)33-17/h3-11,28H,12H2,1-2H3,(H,29,32). The van der Waals surface area contributed by atoms with E-state index >= 15 is 0 Å². The Morgan fingerprint density at radius 2 is 1.71 bits per heavy atom. The minimum atomic E-state index is -4.85. The van der Waals surface area contributed by atoms with E-state index in [1.165, 1.54) is 6.07 Å². The second-order valence-electron chi connectivity index (χ2n) is 7.49. The maximum absolute atomic E-state index is 13.5. The Labute approximate surface area is 191 Å². The molecule has 8 nitrogen and oxygen atoms in total. The normalized spacial score (nSPS) is 15.4. The number of fused-ring (bicyclic) bond motifs is 1. The summed E-state index contributed by atoms with van der Waals surface area (Å²) < 4.78 is 61.7. The molecule has 12 heteroatoms. The number of ether oxygens (including phenoxy) is 2. The number of carbonyl (C=O) groups is 1. The van der Waals surface area contributed by atoms with Crippen LogP contribution in [0.2, 0.25) is 0 Å². The number of alkyl halides is 4. The topological polar surface area (TPSA) is 88.6 Å². The summed E-state index contributed by atoms with van der Waals surface area (Å²) in [6, 6.07) is 11.6. The van der Waals surface area contributed by atoms with Crippen LogP contribution in [0.3, 0.4) is 0 Å². The fraction of sp³-hybridized carbons (Fsp3) is 0.227. The Balaban J connectivity index is 1.49. The van der Waals surface area contributed by atoms with Gasteiger partial charge < -0.3 is 25.0 Å². The number of amides is 1. The molecule has 1 aromatic heterocycles. The predicted octanol–water partition coefficient (Wildman–Crippen LogP) is 4.36. The molecule has 1 aliphatic rings. The lowest BCUT2D eigenvalue weighted by atomic mass is 10.1. The number of hydrogen-bond donors (Lipinski definition) is 2. The number of aromatic nitrogens is 2. The molecule has 0 saturated carbocycles. The first-order chi connectivity index (χ1) is 16.1. The second-order valence-corrected chi connectivity index (χ2v) is 7.49. The number of halogens is 4. The van der Waals surface area contributed by atoms with Crippen molar-refractivity contribution in [2.24, 2.45) is 0 Å². The molecule has 0 unspecified atom stereocenters. The molecule has 3 aromatic rings. The smallest absolute Gasteiger partial charge is 0.421 e. The largest absolute Gasteiger partial charge is 0.507 e. The van der Waals surface area contributed by atoms with Crippen LogP contribution in [0.4, 0.5) is 34.9 Å². The fourth-order valence-electron chi connectivity index (χ4n) is 3.06. The lowest BCUT2D eigenvalue weighted by Crippen LogP contribution is -2.52. The van der Waals surface area contributed by atoms with Crippen LogP contribution in [0, 0.1) is 0 Å². The first-order valence-electron chi connectivity index (χ1n) is 9.97. The van der Waals surface area contributed by atoms with E-state index in [9.17, 15) is 22.4 Å². The molecule has 1 amide bonds. The highest BCUT2D eigenvalue weighted by atomic mass is 19.3. The van der Waals surface area contributed by atoms with Crippen molar-refractivity contribution in [2.75, 3.05) is 29.6 Å². The minimum Gasteiger partial charge on any atom is -0.421 e. The van der Waals surface area contributed by atoms with Crippen molar-refractivity contribution in [2.45, 2.75) is 18.8 Å². The summed E-state index contributed by atoms with van der Waals surface area (Å²) in [6.45, 7) is 0.307. The molecule has 1 aliphatic heterocycles. The van der Waals surface area contributed by atoms with Crippen molar-refractivity contribution in [1.29, 1.82) is 0 Å². The van der Waals surface area contributed by atoms with E-state index in [2.05, 4.69) is 30.1 Å². The Morgan fingerprint density at radius 1 is 1.00 bits per heavy atom. The zero-order chi connectivity index (χ0) is 24.5. The van der Waals surface area contributed by atoms with E-state index < -0.39 is 29.6 Å². The Bertz CT molecular complexity index is 1220. The monoisotopic (exact) mass is 477 g/mol. The average molecular weight is 477 g/mol. The van der Waals surface area contributed by atoms with Crippen molar-refractivity contribution >= 4 is 23.2 Å². The summed E-state index contributed by atoms with van der Waals surface area (Å²) in [5.41, 5.74) is 1.50. The summed E-state index contributed by atoms with van der Waals surface area (Å²) in [6.07, 6.45) is -8.04. The highest BCUT2D eigenvalue weighted by Gasteiger charge is 2.65. The molecule has 0 aliphatic carbocycles. The van der Waals surface area contributed by atoms with Gasteiger partial charge >= 0.3 is 12.2 Å². The third kappa shape index (κ3) is 4.65. The van der Waals surface area contributed by atoms with Crippen LogP contribution in [-0.2, 0) is 6.54 Å². The summed E-state index contributed by atoms with van der Waals surface area (Å²) in [4.78, 5) is 23.2. The van der Waals surface area contributed by atoms with Crippen molar-refractivity contribution in [3.05, 3.63) is 66.0 Å². The third-order valence-corrected chi connectivity index (χ3v) is 4.75. The van der Waals surface area contributed by atoms with Crippen LogP contribution in [0.25, 0.3) is 0 Å². The summed E-state index contributed by atoms with van der Waals surface area (Å²) in [5, 5.41) is 5.68. The van der Waals surface area contributed by atoms with E-state index in [1.807, 2.05) is 14.1 Å². The van der Waals surface area contributed by atoms with Gasteiger partial charge in [0.25, 0.3) is 5.91 Å².